The Labute approximate surface area is 184 Å². The second-order valence-electron chi connectivity index (χ2n) is 6.84. The van der Waals surface area contributed by atoms with Crippen molar-refractivity contribution in [2.75, 3.05) is 17.2 Å². The molecule has 0 aliphatic carbocycles. The van der Waals surface area contributed by atoms with E-state index in [9.17, 15) is 9.59 Å². The first-order valence-electron chi connectivity index (χ1n) is 10.1. The number of para-hydroxylation sites is 2. The smallest absolute Gasteiger partial charge is 0.323 e. The average Bonchev–Trinajstić information content (AvgIpc) is 2.80. The molecular weight excluding hydrogens is 408 g/mol. The van der Waals surface area contributed by atoms with Gasteiger partial charge in [0.2, 0.25) is 0 Å². The van der Waals surface area contributed by atoms with Crippen LogP contribution in [0.15, 0.2) is 83.8 Å². The van der Waals surface area contributed by atoms with Crippen LogP contribution in [0.25, 0.3) is 5.65 Å². The highest BCUT2D eigenvalue weighted by Gasteiger charge is 2.09. The molecule has 162 valence electrons. The van der Waals surface area contributed by atoms with Crippen LogP contribution in [0.2, 0.25) is 0 Å². The van der Waals surface area contributed by atoms with Gasteiger partial charge in [-0.15, -0.1) is 0 Å². The lowest BCUT2D eigenvalue weighted by Crippen LogP contribution is -2.20. The molecule has 0 unspecified atom stereocenters. The van der Waals surface area contributed by atoms with Gasteiger partial charge in [0.1, 0.15) is 23.8 Å². The number of carbonyl (C=O) groups excluding carboxylic acids is 1. The zero-order valence-electron chi connectivity index (χ0n) is 17.4. The van der Waals surface area contributed by atoms with Crippen molar-refractivity contribution in [3.8, 4) is 11.5 Å². The van der Waals surface area contributed by atoms with Crippen molar-refractivity contribution < 1.29 is 14.3 Å². The van der Waals surface area contributed by atoms with Crippen molar-refractivity contribution in [2.24, 2.45) is 0 Å². The lowest BCUT2D eigenvalue weighted by atomic mass is 10.3. The average molecular weight is 430 g/mol. The fraction of sp³-hybridized carbons (Fsp3) is 0.125. The molecule has 4 rings (SSSR count). The molecule has 0 aliphatic heterocycles. The Balaban J connectivity index is 1.42. The number of amides is 2. The number of pyridine rings is 1. The maximum atomic E-state index is 12.4. The van der Waals surface area contributed by atoms with Crippen LogP contribution in [0.1, 0.15) is 12.6 Å². The molecule has 0 radical (unpaired) electrons. The molecule has 2 N–H and O–H groups in total. The topological polar surface area (TPSA) is 94.0 Å². The Bertz CT molecular complexity index is 1290. The minimum absolute atomic E-state index is 0.0832. The number of hydrogen-bond donors (Lipinski definition) is 2. The number of ether oxygens (including phenoxy) is 2. The Morgan fingerprint density at radius 1 is 0.969 bits per heavy atom. The third-order valence-corrected chi connectivity index (χ3v) is 4.56. The molecular formula is C24H22N4O4. The van der Waals surface area contributed by atoms with Crippen LogP contribution in [0, 0.1) is 0 Å². The molecule has 8 heteroatoms. The van der Waals surface area contributed by atoms with Crippen LogP contribution < -0.4 is 25.7 Å². The molecule has 2 aromatic heterocycles. The molecule has 2 amide bonds. The minimum atomic E-state index is -0.410. The van der Waals surface area contributed by atoms with Crippen LogP contribution >= 0.6 is 0 Å². The Morgan fingerprint density at radius 3 is 2.56 bits per heavy atom. The van der Waals surface area contributed by atoms with Gasteiger partial charge in [-0.25, -0.2) is 9.78 Å². The first-order valence-corrected chi connectivity index (χ1v) is 10.1. The molecule has 0 atom stereocenters. The second-order valence-corrected chi connectivity index (χ2v) is 6.84. The fourth-order valence-electron chi connectivity index (χ4n) is 3.11. The number of nitrogens with zero attached hydrogens (tertiary/aromatic N) is 2. The normalized spacial score (nSPS) is 10.5. The van der Waals surface area contributed by atoms with Crippen molar-refractivity contribution in [2.45, 2.75) is 13.5 Å². The molecule has 0 saturated carbocycles. The van der Waals surface area contributed by atoms with Crippen molar-refractivity contribution in [1.82, 2.24) is 9.38 Å². The quantitative estimate of drug-likeness (QED) is 0.456. The standard InChI is InChI=1S/C24H22N4O4/c1-2-31-19-12-10-17(11-13-19)26-24(30)27-20-7-3-4-8-21(20)32-16-18-15-23(29)28-14-6-5-9-22(28)25-18/h3-15H,2,16H2,1H3,(H2,26,27,30). The van der Waals surface area contributed by atoms with E-state index >= 15 is 0 Å². The van der Waals surface area contributed by atoms with Gasteiger partial charge in [0.15, 0.2) is 0 Å². The van der Waals surface area contributed by atoms with Gasteiger partial charge in [0.25, 0.3) is 5.56 Å². The van der Waals surface area contributed by atoms with Crippen molar-refractivity contribution in [1.29, 1.82) is 0 Å². The van der Waals surface area contributed by atoms with Gasteiger partial charge in [-0.1, -0.05) is 18.2 Å². The number of carbonyl (C=O) groups is 1. The van der Waals surface area contributed by atoms with Gasteiger partial charge in [-0.3, -0.25) is 9.20 Å². The summed E-state index contributed by atoms with van der Waals surface area (Å²) in [7, 11) is 0. The molecule has 8 nitrogen and oxygen atoms in total. The van der Waals surface area contributed by atoms with Gasteiger partial charge < -0.3 is 20.1 Å². The summed E-state index contributed by atoms with van der Waals surface area (Å²) in [5, 5.41) is 5.55. The number of benzene rings is 2. The summed E-state index contributed by atoms with van der Waals surface area (Å²) in [6.07, 6.45) is 1.66. The Kier molecular flexibility index (Phi) is 6.31. The zero-order chi connectivity index (χ0) is 22.3. The molecule has 0 fully saturated rings. The van der Waals surface area contributed by atoms with Gasteiger partial charge in [0.05, 0.1) is 18.0 Å². The number of hydrogen-bond acceptors (Lipinski definition) is 5. The van der Waals surface area contributed by atoms with E-state index in [1.54, 1.807) is 66.9 Å². The van der Waals surface area contributed by atoms with Crippen molar-refractivity contribution >= 4 is 23.1 Å². The Hall–Kier alpha value is -4.33. The SMILES string of the molecule is CCOc1ccc(NC(=O)Nc2ccccc2OCc2cc(=O)n3ccccc3n2)cc1. The van der Waals surface area contributed by atoms with E-state index in [-0.39, 0.29) is 12.2 Å². The largest absolute Gasteiger partial charge is 0.494 e. The highest BCUT2D eigenvalue weighted by atomic mass is 16.5. The summed E-state index contributed by atoms with van der Waals surface area (Å²) in [4.78, 5) is 29.1. The summed E-state index contributed by atoms with van der Waals surface area (Å²) < 4.78 is 12.7. The molecule has 0 saturated heterocycles. The number of aromatic nitrogens is 2. The fourth-order valence-corrected chi connectivity index (χ4v) is 3.11. The second kappa shape index (κ2) is 9.65. The van der Waals surface area contributed by atoms with E-state index in [0.717, 1.165) is 5.75 Å². The van der Waals surface area contributed by atoms with E-state index in [1.165, 1.54) is 10.5 Å². The van der Waals surface area contributed by atoms with Crippen LogP contribution in [-0.2, 0) is 6.61 Å². The van der Waals surface area contributed by atoms with Gasteiger partial charge in [-0.2, -0.15) is 0 Å². The summed E-state index contributed by atoms with van der Waals surface area (Å²) in [5.74, 6) is 1.20. The predicted molar refractivity (Wildman–Crippen MR) is 122 cm³/mol. The van der Waals surface area contributed by atoms with Crippen LogP contribution in [0.5, 0.6) is 11.5 Å². The number of fused-ring (bicyclic) bond motifs is 1. The highest BCUT2D eigenvalue weighted by Crippen LogP contribution is 2.25. The summed E-state index contributed by atoms with van der Waals surface area (Å²) in [5.41, 5.74) is 1.98. The highest BCUT2D eigenvalue weighted by molar-refractivity contribution is 6.00. The summed E-state index contributed by atoms with van der Waals surface area (Å²) in [6, 6.07) is 20.5. The number of rotatable bonds is 7. The van der Waals surface area contributed by atoms with Gasteiger partial charge in [0, 0.05) is 18.0 Å². The first-order chi connectivity index (χ1) is 15.6. The number of urea groups is 1. The lowest BCUT2D eigenvalue weighted by molar-refractivity contribution is 0.261. The number of nitrogens with one attached hydrogen (secondary N) is 2. The molecule has 2 heterocycles. The maximum absolute atomic E-state index is 12.4. The van der Waals surface area contributed by atoms with Crippen molar-refractivity contribution in [3.05, 3.63) is 95.0 Å². The third-order valence-electron chi connectivity index (χ3n) is 4.56. The molecule has 0 spiro atoms. The van der Waals surface area contributed by atoms with Crippen LogP contribution in [0.4, 0.5) is 16.2 Å². The maximum Gasteiger partial charge on any atom is 0.323 e. The third kappa shape index (κ3) is 5.04. The van der Waals surface area contributed by atoms with Crippen molar-refractivity contribution in [3.63, 3.8) is 0 Å². The van der Waals surface area contributed by atoms with Crippen LogP contribution in [-0.4, -0.2) is 22.0 Å². The van der Waals surface area contributed by atoms with E-state index in [1.807, 2.05) is 13.0 Å². The first kappa shape index (κ1) is 20.9. The molecule has 0 aliphatic rings. The van der Waals surface area contributed by atoms with E-state index < -0.39 is 6.03 Å². The lowest BCUT2D eigenvalue weighted by Gasteiger charge is -2.13. The van der Waals surface area contributed by atoms with E-state index in [2.05, 4.69) is 15.6 Å². The van der Waals surface area contributed by atoms with Crippen LogP contribution in [0.3, 0.4) is 0 Å². The molecule has 4 aromatic rings. The van der Waals surface area contributed by atoms with Gasteiger partial charge >= 0.3 is 6.03 Å². The molecule has 32 heavy (non-hydrogen) atoms. The number of anilines is 2. The minimum Gasteiger partial charge on any atom is -0.494 e. The summed E-state index contributed by atoms with van der Waals surface area (Å²) in [6.45, 7) is 2.57. The van der Waals surface area contributed by atoms with E-state index in [4.69, 9.17) is 9.47 Å². The van der Waals surface area contributed by atoms with E-state index in [0.29, 0.717) is 35.1 Å². The molecule has 0 bridgehead atoms. The van der Waals surface area contributed by atoms with Gasteiger partial charge in [-0.05, 0) is 55.5 Å². The summed E-state index contributed by atoms with van der Waals surface area (Å²) >= 11 is 0. The molecule has 2 aromatic carbocycles. The Morgan fingerprint density at radius 2 is 1.75 bits per heavy atom. The predicted octanol–water partition coefficient (Wildman–Crippen LogP) is 4.32. The monoisotopic (exact) mass is 430 g/mol. The zero-order valence-corrected chi connectivity index (χ0v) is 17.4.